The Hall–Kier alpha value is -3.46. The van der Waals surface area contributed by atoms with Crippen LogP contribution in [-0.2, 0) is 11.8 Å². The summed E-state index contributed by atoms with van der Waals surface area (Å²) in [6.07, 6.45) is -4.93. The lowest BCUT2D eigenvalue weighted by atomic mass is 9.73. The van der Waals surface area contributed by atoms with Crippen molar-refractivity contribution in [2.45, 2.75) is 57.2 Å². The van der Waals surface area contributed by atoms with Crippen LogP contribution >= 0.6 is 0 Å². The van der Waals surface area contributed by atoms with E-state index < -0.39 is 41.7 Å². The smallest absolute Gasteiger partial charge is 0.417 e. The van der Waals surface area contributed by atoms with E-state index in [4.69, 9.17) is 4.74 Å². The van der Waals surface area contributed by atoms with Crippen molar-refractivity contribution < 1.29 is 31.8 Å². The average molecular weight is 533 g/mol. The summed E-state index contributed by atoms with van der Waals surface area (Å²) in [5.41, 5.74) is -2.06. The first kappa shape index (κ1) is 27.6. The van der Waals surface area contributed by atoms with Crippen molar-refractivity contribution in [2.24, 2.45) is 0 Å². The van der Waals surface area contributed by atoms with E-state index >= 15 is 0 Å². The Morgan fingerprint density at radius 1 is 1.00 bits per heavy atom. The van der Waals surface area contributed by atoms with Gasteiger partial charge in [-0.1, -0.05) is 32.0 Å². The summed E-state index contributed by atoms with van der Waals surface area (Å²) in [5, 5.41) is 15.9. The van der Waals surface area contributed by atoms with Gasteiger partial charge < -0.3 is 9.84 Å². The number of benzene rings is 3. The minimum Gasteiger partial charge on any atom is -0.496 e. The summed E-state index contributed by atoms with van der Waals surface area (Å²) >= 11 is 0. The number of hydrogen-bond acceptors (Lipinski definition) is 3. The maximum absolute atomic E-state index is 14.4. The fourth-order valence-corrected chi connectivity index (χ4v) is 5.08. The minimum absolute atomic E-state index is 0.118. The highest BCUT2D eigenvalue weighted by atomic mass is 19.4. The number of ether oxygens (including phenoxy) is 1. The van der Waals surface area contributed by atoms with Crippen LogP contribution in [0.5, 0.6) is 5.75 Å². The Balaban J connectivity index is 1.69. The van der Waals surface area contributed by atoms with Crippen LogP contribution in [0, 0.1) is 18.6 Å². The molecule has 0 spiro atoms. The molecule has 1 N–H and O–H groups in total. The summed E-state index contributed by atoms with van der Waals surface area (Å²) < 4.78 is 78.2. The third-order valence-corrected chi connectivity index (χ3v) is 6.96. The van der Waals surface area contributed by atoms with Crippen molar-refractivity contribution in [3.05, 3.63) is 89.1 Å². The number of alkyl halides is 3. The average Bonchev–Trinajstić information content (AvgIpc) is 3.25. The molecule has 0 saturated carbocycles. The van der Waals surface area contributed by atoms with Gasteiger partial charge in [-0.25, -0.2) is 13.5 Å². The van der Waals surface area contributed by atoms with Crippen LogP contribution in [-0.4, -0.2) is 33.8 Å². The molecule has 38 heavy (non-hydrogen) atoms. The number of para-hydroxylation sites is 1. The monoisotopic (exact) mass is 532 g/mol. The van der Waals surface area contributed by atoms with Gasteiger partial charge in [-0.2, -0.15) is 18.3 Å². The van der Waals surface area contributed by atoms with Crippen molar-refractivity contribution in [1.29, 1.82) is 0 Å². The van der Waals surface area contributed by atoms with Crippen molar-refractivity contribution in [3.63, 3.8) is 0 Å². The number of aromatic nitrogens is 2. The predicted octanol–water partition coefficient (Wildman–Crippen LogP) is 7.21. The molecule has 0 aliphatic rings. The molecule has 0 fully saturated rings. The molecule has 0 aliphatic heterocycles. The molecule has 1 atom stereocenters. The van der Waals surface area contributed by atoms with Gasteiger partial charge in [0.2, 0.25) is 0 Å². The Morgan fingerprint density at radius 2 is 1.71 bits per heavy atom. The van der Waals surface area contributed by atoms with Crippen molar-refractivity contribution >= 4 is 10.9 Å². The molecule has 9 heteroatoms. The second-order valence-corrected chi connectivity index (χ2v) is 10.3. The number of hydrogen-bond donors (Lipinski definition) is 1. The summed E-state index contributed by atoms with van der Waals surface area (Å²) in [6.45, 7) is 4.82. The third-order valence-electron chi connectivity index (χ3n) is 6.96. The molecule has 1 heterocycles. The Kier molecular flexibility index (Phi) is 7.27. The minimum atomic E-state index is -4.95. The van der Waals surface area contributed by atoms with Crippen LogP contribution in [0.3, 0.4) is 0 Å². The van der Waals surface area contributed by atoms with Gasteiger partial charge in [0, 0.05) is 10.9 Å². The number of aliphatic hydroxyl groups is 1. The highest BCUT2D eigenvalue weighted by Gasteiger charge is 2.55. The van der Waals surface area contributed by atoms with Gasteiger partial charge in [-0.15, -0.1) is 0 Å². The van der Waals surface area contributed by atoms with Crippen LogP contribution in [0.1, 0.15) is 43.4 Å². The lowest BCUT2D eigenvalue weighted by molar-refractivity contribution is -0.269. The van der Waals surface area contributed by atoms with Crippen molar-refractivity contribution in [1.82, 2.24) is 9.78 Å². The number of fused-ring (bicyclic) bond motifs is 1. The molecule has 3 aromatic carbocycles. The number of halogens is 5. The topological polar surface area (TPSA) is 47.3 Å². The summed E-state index contributed by atoms with van der Waals surface area (Å²) in [5.74, 6) is -0.859. The highest BCUT2D eigenvalue weighted by Crippen LogP contribution is 2.46. The quantitative estimate of drug-likeness (QED) is 0.244. The molecular formula is C29H29F5N2O2. The molecule has 0 aliphatic carbocycles. The number of rotatable bonds is 8. The van der Waals surface area contributed by atoms with Gasteiger partial charge in [-0.3, -0.25) is 0 Å². The molecule has 4 nitrogen and oxygen atoms in total. The maximum atomic E-state index is 14.4. The van der Waals surface area contributed by atoms with E-state index in [1.165, 1.54) is 50.0 Å². The number of aryl methyl sites for hydroxylation is 2. The first-order chi connectivity index (χ1) is 17.8. The summed E-state index contributed by atoms with van der Waals surface area (Å²) in [6, 6.07) is 13.3. The molecule has 0 bridgehead atoms. The maximum Gasteiger partial charge on any atom is 0.417 e. The summed E-state index contributed by atoms with van der Waals surface area (Å²) in [4.78, 5) is 0. The van der Waals surface area contributed by atoms with E-state index in [1.807, 2.05) is 0 Å². The van der Waals surface area contributed by atoms with Crippen LogP contribution in [0.15, 0.2) is 60.8 Å². The van der Waals surface area contributed by atoms with Gasteiger partial charge in [0.1, 0.15) is 23.1 Å². The molecular weight excluding hydrogens is 503 g/mol. The number of nitrogens with zero attached hydrogens (tertiary/aromatic N) is 2. The lowest BCUT2D eigenvalue weighted by Crippen LogP contribution is -2.49. The normalized spacial score (nSPS) is 14.1. The second-order valence-electron chi connectivity index (χ2n) is 10.3. The van der Waals surface area contributed by atoms with Crippen LogP contribution < -0.4 is 4.74 Å². The van der Waals surface area contributed by atoms with E-state index in [0.717, 1.165) is 11.6 Å². The zero-order valence-corrected chi connectivity index (χ0v) is 21.5. The van der Waals surface area contributed by atoms with E-state index in [0.29, 0.717) is 16.5 Å². The van der Waals surface area contributed by atoms with Crippen molar-refractivity contribution in [3.8, 4) is 11.4 Å². The fourth-order valence-electron chi connectivity index (χ4n) is 5.08. The van der Waals surface area contributed by atoms with Crippen LogP contribution in [0.2, 0.25) is 0 Å². The summed E-state index contributed by atoms with van der Waals surface area (Å²) in [7, 11) is 1.35. The molecule has 0 saturated heterocycles. The van der Waals surface area contributed by atoms with E-state index in [-0.39, 0.29) is 23.4 Å². The van der Waals surface area contributed by atoms with Gasteiger partial charge in [0.05, 0.1) is 18.8 Å². The Labute approximate surface area is 217 Å². The molecule has 4 rings (SSSR count). The molecule has 0 radical (unpaired) electrons. The van der Waals surface area contributed by atoms with Gasteiger partial charge in [0.25, 0.3) is 0 Å². The number of methoxy groups -OCH3 is 1. The fraction of sp³-hybridized carbons (Fsp3) is 0.345. The zero-order chi connectivity index (χ0) is 27.9. The molecule has 1 aromatic heterocycles. The predicted molar refractivity (Wildman–Crippen MR) is 136 cm³/mol. The van der Waals surface area contributed by atoms with Gasteiger partial charge >= 0.3 is 6.18 Å². The SMILES string of the molecule is COc1ccc(F)cc1C(C)(C)CC(O)(CCc1cc(C)cc2c1cnn2-c1ccccc1F)C(F)(F)F. The van der Waals surface area contributed by atoms with E-state index in [1.54, 1.807) is 37.3 Å². The standard InChI is InChI=1S/C29H29F5N2O2/c1-18-13-19(21-16-35-36(25(21)14-18)24-8-6-5-7-23(24)31)11-12-28(37,29(32,33)34)17-27(2,3)22-15-20(30)9-10-26(22)38-4/h5-10,13-16,37H,11-12,17H2,1-4H3. The largest absolute Gasteiger partial charge is 0.496 e. The second kappa shape index (κ2) is 10.0. The van der Waals surface area contributed by atoms with Crippen LogP contribution in [0.25, 0.3) is 16.6 Å². The van der Waals surface area contributed by atoms with E-state index in [9.17, 15) is 27.1 Å². The van der Waals surface area contributed by atoms with Crippen molar-refractivity contribution in [2.75, 3.05) is 7.11 Å². The van der Waals surface area contributed by atoms with Crippen LogP contribution in [0.4, 0.5) is 22.0 Å². The molecule has 0 amide bonds. The van der Waals surface area contributed by atoms with E-state index in [2.05, 4.69) is 5.10 Å². The Bertz CT molecular complexity index is 1460. The van der Waals surface area contributed by atoms with Gasteiger partial charge in [0.15, 0.2) is 5.60 Å². The first-order valence-electron chi connectivity index (χ1n) is 12.1. The highest BCUT2D eigenvalue weighted by molar-refractivity contribution is 5.84. The van der Waals surface area contributed by atoms with Gasteiger partial charge in [-0.05, 0) is 79.1 Å². The molecule has 1 unspecified atom stereocenters. The lowest BCUT2D eigenvalue weighted by Gasteiger charge is -2.38. The molecule has 202 valence electrons. The molecule has 4 aromatic rings. The third kappa shape index (κ3) is 5.25. The first-order valence-corrected chi connectivity index (χ1v) is 12.1. The zero-order valence-electron chi connectivity index (χ0n) is 21.5. The Morgan fingerprint density at radius 3 is 2.37 bits per heavy atom.